The van der Waals surface area contributed by atoms with E-state index in [9.17, 15) is 13.2 Å². The Balaban J connectivity index is 1.42. The summed E-state index contributed by atoms with van der Waals surface area (Å²) in [5, 5.41) is 15.2. The van der Waals surface area contributed by atoms with Gasteiger partial charge in [0.2, 0.25) is 5.95 Å². The molecule has 1 fully saturated rings. The summed E-state index contributed by atoms with van der Waals surface area (Å²) in [5.41, 5.74) is 8.56. The number of halogens is 3. The van der Waals surface area contributed by atoms with Crippen molar-refractivity contribution >= 4 is 28.4 Å². The molecule has 34 heavy (non-hydrogen) atoms. The number of nitrogens with zero attached hydrogens (tertiary/aromatic N) is 8. The first-order valence-electron chi connectivity index (χ1n) is 11.2. The number of fused-ring (bicyclic) bond motifs is 2. The Kier molecular flexibility index (Phi) is 5.94. The fourth-order valence-corrected chi connectivity index (χ4v) is 4.39. The Bertz CT molecular complexity index is 1300. The minimum atomic E-state index is -2.58. The van der Waals surface area contributed by atoms with Gasteiger partial charge in [0.05, 0.1) is 11.7 Å². The molecule has 0 bridgehead atoms. The average molecular weight is 474 g/mol. The Hall–Kier alpha value is -3.48. The molecule has 180 valence electrons. The van der Waals surface area contributed by atoms with E-state index in [0.717, 1.165) is 24.2 Å². The second kappa shape index (κ2) is 9.05. The maximum Gasteiger partial charge on any atom is 0.258 e. The van der Waals surface area contributed by atoms with Crippen molar-refractivity contribution in [3.63, 3.8) is 0 Å². The lowest BCUT2D eigenvalue weighted by Gasteiger charge is -2.34. The first-order valence-corrected chi connectivity index (χ1v) is 11.2. The van der Waals surface area contributed by atoms with Crippen LogP contribution in [-0.4, -0.2) is 77.7 Å². The average Bonchev–Trinajstić information content (AvgIpc) is 3.40. The number of aromatic nitrogens is 7. The van der Waals surface area contributed by atoms with Gasteiger partial charge in [0, 0.05) is 24.8 Å². The van der Waals surface area contributed by atoms with Crippen molar-refractivity contribution in [1.82, 2.24) is 39.5 Å². The van der Waals surface area contributed by atoms with Gasteiger partial charge in [0.1, 0.15) is 23.7 Å². The summed E-state index contributed by atoms with van der Waals surface area (Å²) in [6.07, 6.45) is -0.286. The number of rotatable bonds is 7. The number of hydrogen-bond acceptors (Lipinski definition) is 8. The zero-order valence-electron chi connectivity index (χ0n) is 18.6. The molecule has 10 nitrogen and oxygen atoms in total. The Morgan fingerprint density at radius 1 is 1.24 bits per heavy atom. The van der Waals surface area contributed by atoms with Crippen molar-refractivity contribution in [2.45, 2.75) is 44.9 Å². The van der Waals surface area contributed by atoms with E-state index in [2.05, 4.69) is 42.5 Å². The van der Waals surface area contributed by atoms with Gasteiger partial charge in [-0.15, -0.1) is 10.2 Å². The SMILES string of the molecule is CCCN1CC[C@H](Nc2nc(N)c3c(-c4ccc5nnn(CC(F)F)c5n4)ccn3n2)[C@H](F)C1. The highest BCUT2D eigenvalue weighted by molar-refractivity contribution is 5.88. The topological polar surface area (TPSA) is 115 Å². The monoisotopic (exact) mass is 474 g/mol. The summed E-state index contributed by atoms with van der Waals surface area (Å²) in [5.74, 6) is 0.434. The second-order valence-corrected chi connectivity index (χ2v) is 8.40. The lowest BCUT2D eigenvalue weighted by Crippen LogP contribution is -2.48. The number of alkyl halides is 3. The first-order chi connectivity index (χ1) is 16.4. The van der Waals surface area contributed by atoms with Gasteiger partial charge in [-0.2, -0.15) is 4.98 Å². The Morgan fingerprint density at radius 2 is 2.09 bits per heavy atom. The predicted molar refractivity (Wildman–Crippen MR) is 121 cm³/mol. The molecular weight excluding hydrogens is 449 g/mol. The lowest BCUT2D eigenvalue weighted by molar-refractivity contribution is 0.122. The smallest absolute Gasteiger partial charge is 0.258 e. The van der Waals surface area contributed by atoms with E-state index in [0.29, 0.717) is 35.3 Å². The zero-order chi connectivity index (χ0) is 23.8. The van der Waals surface area contributed by atoms with E-state index < -0.39 is 25.2 Å². The highest BCUT2D eigenvalue weighted by atomic mass is 19.3. The van der Waals surface area contributed by atoms with Crippen LogP contribution in [-0.2, 0) is 6.54 Å². The minimum absolute atomic E-state index is 0.192. The number of nitrogen functional groups attached to an aromatic ring is 1. The quantitative estimate of drug-likeness (QED) is 0.420. The zero-order valence-corrected chi connectivity index (χ0v) is 18.6. The van der Waals surface area contributed by atoms with Crippen molar-refractivity contribution in [1.29, 1.82) is 0 Å². The fourth-order valence-electron chi connectivity index (χ4n) is 4.39. The van der Waals surface area contributed by atoms with Gasteiger partial charge in [0.25, 0.3) is 6.43 Å². The Morgan fingerprint density at radius 3 is 2.85 bits per heavy atom. The summed E-state index contributed by atoms with van der Waals surface area (Å²) in [6, 6.07) is 4.74. The van der Waals surface area contributed by atoms with Crippen LogP contribution in [0.3, 0.4) is 0 Å². The number of nitrogens with two attached hydrogens (primary N) is 1. The summed E-state index contributed by atoms with van der Waals surface area (Å²) < 4.78 is 43.0. The minimum Gasteiger partial charge on any atom is -0.382 e. The molecule has 1 aliphatic heterocycles. The highest BCUT2D eigenvalue weighted by Crippen LogP contribution is 2.29. The van der Waals surface area contributed by atoms with Crippen molar-refractivity contribution in [2.75, 3.05) is 30.7 Å². The molecule has 5 rings (SSSR count). The van der Waals surface area contributed by atoms with Crippen molar-refractivity contribution in [3.05, 3.63) is 24.4 Å². The molecule has 2 atom stereocenters. The molecule has 0 aliphatic carbocycles. The van der Waals surface area contributed by atoms with Gasteiger partial charge >= 0.3 is 0 Å². The van der Waals surface area contributed by atoms with Crippen LogP contribution in [0.4, 0.5) is 24.9 Å². The molecule has 0 amide bonds. The number of likely N-dealkylation sites (tertiary alicyclic amines) is 1. The maximum absolute atomic E-state index is 14.7. The van der Waals surface area contributed by atoms with Gasteiger partial charge in [-0.3, -0.25) is 0 Å². The van der Waals surface area contributed by atoms with Crippen molar-refractivity contribution in [2.24, 2.45) is 0 Å². The second-order valence-electron chi connectivity index (χ2n) is 8.40. The van der Waals surface area contributed by atoms with E-state index in [1.54, 1.807) is 28.9 Å². The van der Waals surface area contributed by atoms with Crippen LogP contribution in [0, 0.1) is 0 Å². The molecule has 0 saturated carbocycles. The summed E-state index contributed by atoms with van der Waals surface area (Å²) in [4.78, 5) is 10.9. The molecule has 4 aromatic rings. The molecule has 0 radical (unpaired) electrons. The number of hydrogen-bond donors (Lipinski definition) is 2. The number of piperidine rings is 1. The van der Waals surface area contributed by atoms with E-state index in [1.807, 2.05) is 0 Å². The van der Waals surface area contributed by atoms with E-state index in [-0.39, 0.29) is 17.4 Å². The summed E-state index contributed by atoms with van der Waals surface area (Å²) in [6.45, 7) is 3.55. The van der Waals surface area contributed by atoms with E-state index in [4.69, 9.17) is 5.73 Å². The number of nitrogens with one attached hydrogen (secondary N) is 1. The molecule has 3 N–H and O–H groups in total. The van der Waals surface area contributed by atoms with Crippen molar-refractivity contribution in [3.8, 4) is 11.3 Å². The predicted octanol–water partition coefficient (Wildman–Crippen LogP) is 2.62. The third-order valence-corrected chi connectivity index (χ3v) is 5.96. The maximum atomic E-state index is 14.7. The van der Waals surface area contributed by atoms with Crippen LogP contribution >= 0.6 is 0 Å². The summed E-state index contributed by atoms with van der Waals surface area (Å²) >= 11 is 0. The largest absolute Gasteiger partial charge is 0.382 e. The van der Waals surface area contributed by atoms with E-state index in [1.165, 1.54) is 0 Å². The van der Waals surface area contributed by atoms with Crippen LogP contribution in [0.1, 0.15) is 19.8 Å². The van der Waals surface area contributed by atoms with Gasteiger partial charge in [-0.05, 0) is 37.6 Å². The van der Waals surface area contributed by atoms with E-state index >= 15 is 0 Å². The number of anilines is 2. The normalized spacial score (nSPS) is 19.4. The van der Waals surface area contributed by atoms with Crippen molar-refractivity contribution < 1.29 is 13.2 Å². The first kappa shape index (κ1) is 22.3. The van der Waals surface area contributed by atoms with Crippen LogP contribution in [0.15, 0.2) is 24.4 Å². The van der Waals surface area contributed by atoms with Crippen LogP contribution in [0.5, 0.6) is 0 Å². The standard InChI is InChI=1S/C21H25F3N10/c1-2-7-32-8-6-15(13(22)10-32)27-21-28-19(25)18-12(5-9-33(18)30-21)14-3-4-16-20(26-14)34(31-29-16)11-17(23)24/h3-5,9,13,15,17H,2,6-8,10-11H2,1H3,(H3,25,27,28,30)/t13-,15+/m1/s1. The van der Waals surface area contributed by atoms with Crippen LogP contribution in [0.2, 0.25) is 0 Å². The molecule has 13 heteroatoms. The fraction of sp³-hybridized carbons (Fsp3) is 0.476. The van der Waals surface area contributed by atoms with Gasteiger partial charge in [-0.25, -0.2) is 27.4 Å². The van der Waals surface area contributed by atoms with Crippen LogP contribution in [0.25, 0.3) is 27.9 Å². The third kappa shape index (κ3) is 4.22. The summed E-state index contributed by atoms with van der Waals surface area (Å²) in [7, 11) is 0. The molecule has 1 saturated heterocycles. The van der Waals surface area contributed by atoms with Gasteiger partial charge in [-0.1, -0.05) is 12.1 Å². The number of pyridine rings is 1. The molecule has 0 unspecified atom stereocenters. The highest BCUT2D eigenvalue weighted by Gasteiger charge is 2.29. The molecule has 1 aliphatic rings. The molecule has 0 aromatic carbocycles. The molecular formula is C21H25F3N10. The van der Waals surface area contributed by atoms with Gasteiger partial charge in [0.15, 0.2) is 11.5 Å². The molecule has 0 spiro atoms. The Labute approximate surface area is 193 Å². The molecule has 5 heterocycles. The molecule has 4 aromatic heterocycles. The van der Waals surface area contributed by atoms with Crippen LogP contribution < -0.4 is 11.1 Å². The third-order valence-electron chi connectivity index (χ3n) is 5.96. The lowest BCUT2D eigenvalue weighted by atomic mass is 10.0. The van der Waals surface area contributed by atoms with Gasteiger partial charge < -0.3 is 16.0 Å².